The van der Waals surface area contributed by atoms with Crippen LogP contribution in [0, 0.1) is 6.92 Å². The number of unbranched alkanes of at least 4 members (excludes halogenated alkanes) is 1. The van der Waals surface area contributed by atoms with Gasteiger partial charge >= 0.3 is 5.97 Å². The molecule has 0 saturated heterocycles. The number of hydrogen-bond acceptors (Lipinski definition) is 6. The molecule has 0 radical (unpaired) electrons. The van der Waals surface area contributed by atoms with Crippen LogP contribution in [0.5, 0.6) is 0 Å². The fourth-order valence-electron chi connectivity index (χ4n) is 2.41. The van der Waals surface area contributed by atoms with E-state index in [0.29, 0.717) is 23.8 Å². The van der Waals surface area contributed by atoms with Crippen molar-refractivity contribution in [3.8, 4) is 0 Å². The SMILES string of the molecule is CCCCN(C)c1cc(C)nc(Nc2ccccc2C(=O)OCC)n1. The number of benzene rings is 1. The second kappa shape index (κ2) is 9.01. The number of ether oxygens (including phenoxy) is 1. The molecule has 134 valence electrons. The van der Waals surface area contributed by atoms with Crippen molar-refractivity contribution in [1.82, 2.24) is 9.97 Å². The number of hydrogen-bond donors (Lipinski definition) is 1. The highest BCUT2D eigenvalue weighted by Crippen LogP contribution is 2.22. The Morgan fingerprint density at radius 2 is 2.00 bits per heavy atom. The highest BCUT2D eigenvalue weighted by atomic mass is 16.5. The van der Waals surface area contributed by atoms with Crippen LogP contribution in [0.3, 0.4) is 0 Å². The van der Waals surface area contributed by atoms with Crippen LogP contribution < -0.4 is 10.2 Å². The monoisotopic (exact) mass is 342 g/mol. The number of rotatable bonds is 8. The third kappa shape index (κ3) is 5.17. The zero-order valence-corrected chi connectivity index (χ0v) is 15.4. The van der Waals surface area contributed by atoms with E-state index in [4.69, 9.17) is 4.74 Å². The maximum Gasteiger partial charge on any atom is 0.340 e. The molecule has 0 spiro atoms. The first-order chi connectivity index (χ1) is 12.0. The number of carbonyl (C=O) groups excluding carboxylic acids is 1. The topological polar surface area (TPSA) is 67.4 Å². The van der Waals surface area contributed by atoms with Crippen molar-refractivity contribution >= 4 is 23.4 Å². The van der Waals surface area contributed by atoms with Gasteiger partial charge in [-0.2, -0.15) is 4.98 Å². The molecule has 0 bridgehead atoms. The summed E-state index contributed by atoms with van der Waals surface area (Å²) in [5.41, 5.74) is 1.97. The van der Waals surface area contributed by atoms with Crippen LogP contribution in [-0.4, -0.2) is 36.1 Å². The number of esters is 1. The van der Waals surface area contributed by atoms with Gasteiger partial charge in [-0.3, -0.25) is 0 Å². The molecular formula is C19H26N4O2. The lowest BCUT2D eigenvalue weighted by atomic mass is 10.2. The Morgan fingerprint density at radius 3 is 2.72 bits per heavy atom. The Hall–Kier alpha value is -2.63. The summed E-state index contributed by atoms with van der Waals surface area (Å²) in [6.07, 6.45) is 2.24. The van der Waals surface area contributed by atoms with Crippen LogP contribution in [0.2, 0.25) is 0 Å². The van der Waals surface area contributed by atoms with Gasteiger partial charge < -0.3 is 15.0 Å². The van der Waals surface area contributed by atoms with Crippen molar-refractivity contribution in [3.05, 3.63) is 41.6 Å². The van der Waals surface area contributed by atoms with Crippen LogP contribution in [0.1, 0.15) is 42.7 Å². The highest BCUT2D eigenvalue weighted by Gasteiger charge is 2.14. The first-order valence-electron chi connectivity index (χ1n) is 8.65. The molecule has 0 saturated carbocycles. The van der Waals surface area contributed by atoms with Gasteiger partial charge in [-0.1, -0.05) is 25.5 Å². The number of aromatic nitrogens is 2. The molecule has 1 aromatic heterocycles. The summed E-state index contributed by atoms with van der Waals surface area (Å²) in [5, 5.41) is 3.15. The maximum absolute atomic E-state index is 12.1. The minimum absolute atomic E-state index is 0.334. The highest BCUT2D eigenvalue weighted by molar-refractivity contribution is 5.96. The normalized spacial score (nSPS) is 10.4. The van der Waals surface area contributed by atoms with Crippen molar-refractivity contribution in [1.29, 1.82) is 0 Å². The van der Waals surface area contributed by atoms with Gasteiger partial charge in [-0.05, 0) is 32.4 Å². The summed E-state index contributed by atoms with van der Waals surface area (Å²) >= 11 is 0. The summed E-state index contributed by atoms with van der Waals surface area (Å²) in [6.45, 7) is 7.15. The van der Waals surface area contributed by atoms with Crippen molar-refractivity contribution < 1.29 is 9.53 Å². The van der Waals surface area contributed by atoms with E-state index in [0.717, 1.165) is 30.9 Å². The molecule has 1 aromatic carbocycles. The standard InChI is InChI=1S/C19H26N4O2/c1-5-7-12-23(4)17-13-14(3)20-19(22-17)21-16-11-9-8-10-15(16)18(24)25-6-2/h8-11,13H,5-7,12H2,1-4H3,(H,20,21,22). The van der Waals surface area contributed by atoms with E-state index in [2.05, 4.69) is 27.1 Å². The zero-order valence-electron chi connectivity index (χ0n) is 15.4. The van der Waals surface area contributed by atoms with Crippen molar-refractivity contribution in [2.75, 3.05) is 30.4 Å². The van der Waals surface area contributed by atoms with Crippen LogP contribution in [0.15, 0.2) is 30.3 Å². The maximum atomic E-state index is 12.1. The van der Waals surface area contributed by atoms with E-state index in [1.54, 1.807) is 19.1 Å². The van der Waals surface area contributed by atoms with Gasteiger partial charge in [0.1, 0.15) is 5.82 Å². The average molecular weight is 342 g/mol. The van der Waals surface area contributed by atoms with Gasteiger partial charge in [-0.15, -0.1) is 0 Å². The van der Waals surface area contributed by atoms with E-state index < -0.39 is 0 Å². The minimum Gasteiger partial charge on any atom is -0.462 e. The second-order valence-electron chi connectivity index (χ2n) is 5.86. The lowest BCUT2D eigenvalue weighted by molar-refractivity contribution is 0.0527. The van der Waals surface area contributed by atoms with Gasteiger partial charge in [0.05, 0.1) is 17.9 Å². The molecule has 6 heteroatoms. The van der Waals surface area contributed by atoms with Gasteiger partial charge in [-0.25, -0.2) is 9.78 Å². The van der Waals surface area contributed by atoms with E-state index in [1.807, 2.05) is 32.2 Å². The lowest BCUT2D eigenvalue weighted by Crippen LogP contribution is -2.20. The Kier molecular flexibility index (Phi) is 6.74. The predicted octanol–water partition coefficient (Wildman–Crippen LogP) is 3.94. The van der Waals surface area contributed by atoms with Crippen molar-refractivity contribution in [2.24, 2.45) is 0 Å². The lowest BCUT2D eigenvalue weighted by Gasteiger charge is -2.19. The molecule has 0 amide bonds. The van der Waals surface area contributed by atoms with E-state index in [-0.39, 0.29) is 5.97 Å². The molecule has 1 N–H and O–H groups in total. The summed E-state index contributed by atoms with van der Waals surface area (Å²) in [4.78, 5) is 23.2. The van der Waals surface area contributed by atoms with Crippen LogP contribution in [-0.2, 0) is 4.74 Å². The Labute approximate surface area is 149 Å². The number of anilines is 3. The summed E-state index contributed by atoms with van der Waals surface area (Å²) in [5.74, 6) is 0.964. The molecule has 0 aliphatic rings. The third-order valence-corrected chi connectivity index (χ3v) is 3.75. The van der Waals surface area contributed by atoms with Crippen LogP contribution in [0.25, 0.3) is 0 Å². The summed E-state index contributed by atoms with van der Waals surface area (Å²) in [6, 6.07) is 9.16. The number of carbonyl (C=O) groups is 1. The molecule has 0 atom stereocenters. The molecule has 1 heterocycles. The van der Waals surface area contributed by atoms with Gasteiger partial charge in [0.15, 0.2) is 0 Å². The zero-order chi connectivity index (χ0) is 18.2. The average Bonchev–Trinajstić information content (AvgIpc) is 2.59. The molecule has 25 heavy (non-hydrogen) atoms. The molecular weight excluding hydrogens is 316 g/mol. The molecule has 2 rings (SSSR count). The second-order valence-corrected chi connectivity index (χ2v) is 5.86. The number of nitrogens with one attached hydrogen (secondary N) is 1. The van der Waals surface area contributed by atoms with Gasteiger partial charge in [0, 0.05) is 25.4 Å². The third-order valence-electron chi connectivity index (χ3n) is 3.75. The molecule has 0 fully saturated rings. The smallest absolute Gasteiger partial charge is 0.340 e. The summed E-state index contributed by atoms with van der Waals surface area (Å²) < 4.78 is 5.11. The first kappa shape index (κ1) is 18.7. The largest absolute Gasteiger partial charge is 0.462 e. The van der Waals surface area contributed by atoms with Crippen LogP contribution in [0.4, 0.5) is 17.5 Å². The van der Waals surface area contributed by atoms with Gasteiger partial charge in [0.25, 0.3) is 0 Å². The molecule has 0 aliphatic carbocycles. The fraction of sp³-hybridized carbons (Fsp3) is 0.421. The fourth-order valence-corrected chi connectivity index (χ4v) is 2.41. The van der Waals surface area contributed by atoms with E-state index >= 15 is 0 Å². The quantitative estimate of drug-likeness (QED) is 0.733. The summed E-state index contributed by atoms with van der Waals surface area (Å²) in [7, 11) is 2.02. The van der Waals surface area contributed by atoms with E-state index in [9.17, 15) is 4.79 Å². The van der Waals surface area contributed by atoms with Crippen molar-refractivity contribution in [3.63, 3.8) is 0 Å². The Bertz CT molecular complexity index is 718. The van der Waals surface area contributed by atoms with E-state index in [1.165, 1.54) is 0 Å². The molecule has 0 unspecified atom stereocenters. The predicted molar refractivity (Wildman–Crippen MR) is 101 cm³/mol. The first-order valence-corrected chi connectivity index (χ1v) is 8.65. The molecule has 2 aromatic rings. The minimum atomic E-state index is -0.362. The number of para-hydroxylation sites is 1. The Morgan fingerprint density at radius 1 is 1.24 bits per heavy atom. The van der Waals surface area contributed by atoms with Crippen molar-refractivity contribution in [2.45, 2.75) is 33.6 Å². The van der Waals surface area contributed by atoms with Crippen LogP contribution >= 0.6 is 0 Å². The van der Waals surface area contributed by atoms with Gasteiger partial charge in [0.2, 0.25) is 5.95 Å². The number of nitrogens with zero attached hydrogens (tertiary/aromatic N) is 3. The molecule has 0 aliphatic heterocycles. The Balaban J connectivity index is 2.26. The molecule has 6 nitrogen and oxygen atoms in total. The number of aryl methyl sites for hydroxylation is 1.